The number of ether oxygens (including phenoxy) is 1. The second-order valence-corrected chi connectivity index (χ2v) is 6.84. The van der Waals surface area contributed by atoms with Crippen LogP contribution in [0.15, 0.2) is 36.7 Å². The number of pyridine rings is 1. The highest BCUT2D eigenvalue weighted by Crippen LogP contribution is 2.42. The number of rotatable bonds is 5. The third kappa shape index (κ3) is 2.55. The van der Waals surface area contributed by atoms with Crippen molar-refractivity contribution in [1.82, 2.24) is 24.0 Å². The molecule has 0 spiro atoms. The van der Waals surface area contributed by atoms with E-state index in [1.807, 2.05) is 39.5 Å². The van der Waals surface area contributed by atoms with Crippen LogP contribution in [0.4, 0.5) is 5.82 Å². The lowest BCUT2D eigenvalue weighted by molar-refractivity contribution is 0.392. The molecule has 0 radical (unpaired) electrons. The molecule has 8 heteroatoms. The molecule has 0 bridgehead atoms. The average molecular weight is 369 g/mol. The zero-order valence-corrected chi connectivity index (χ0v) is 14.9. The molecule has 1 aliphatic carbocycles. The van der Waals surface area contributed by atoms with Crippen LogP contribution in [0.2, 0.25) is 5.15 Å². The van der Waals surface area contributed by atoms with Crippen LogP contribution in [0, 0.1) is 0 Å². The molecule has 4 aromatic rings. The summed E-state index contributed by atoms with van der Waals surface area (Å²) in [6.07, 6.45) is 6.25. The molecule has 4 aromatic heterocycles. The Morgan fingerprint density at radius 3 is 3.00 bits per heavy atom. The van der Waals surface area contributed by atoms with Crippen molar-refractivity contribution in [1.29, 1.82) is 0 Å². The molecule has 0 saturated heterocycles. The first-order valence-electron chi connectivity index (χ1n) is 8.52. The Balaban J connectivity index is 1.46. The van der Waals surface area contributed by atoms with Crippen molar-refractivity contribution in [3.8, 4) is 5.88 Å². The van der Waals surface area contributed by atoms with E-state index in [-0.39, 0.29) is 0 Å². The number of hydrogen-bond donors (Lipinski definition) is 1. The summed E-state index contributed by atoms with van der Waals surface area (Å²) in [5.41, 5.74) is 3.74. The van der Waals surface area contributed by atoms with Crippen LogP contribution in [-0.2, 0) is 6.54 Å². The van der Waals surface area contributed by atoms with E-state index in [1.165, 1.54) is 18.4 Å². The first kappa shape index (κ1) is 15.5. The Morgan fingerprint density at radius 1 is 1.31 bits per heavy atom. The number of halogens is 1. The zero-order chi connectivity index (χ0) is 17.7. The van der Waals surface area contributed by atoms with E-state index in [0.29, 0.717) is 17.6 Å². The van der Waals surface area contributed by atoms with Gasteiger partial charge in [-0.1, -0.05) is 17.7 Å². The van der Waals surface area contributed by atoms with Gasteiger partial charge < -0.3 is 10.1 Å². The number of nitrogens with zero attached hydrogens (tertiary/aromatic N) is 5. The first-order valence-corrected chi connectivity index (χ1v) is 8.90. The maximum Gasteiger partial charge on any atom is 0.198 e. The molecule has 0 aliphatic heterocycles. The summed E-state index contributed by atoms with van der Waals surface area (Å²) in [5.74, 6) is 2.12. The minimum atomic E-state index is 0.457. The van der Waals surface area contributed by atoms with Crippen molar-refractivity contribution in [2.45, 2.75) is 25.3 Å². The number of imidazole rings is 1. The second kappa shape index (κ2) is 5.88. The number of hydrogen-bond acceptors (Lipinski definition) is 5. The average Bonchev–Trinajstić information content (AvgIpc) is 3.25. The number of methoxy groups -OCH3 is 1. The Kier molecular flexibility index (Phi) is 3.49. The summed E-state index contributed by atoms with van der Waals surface area (Å²) in [6.45, 7) is 0.541. The van der Waals surface area contributed by atoms with Gasteiger partial charge in [-0.2, -0.15) is 9.61 Å². The molecular formula is C18H17ClN6O. The normalized spacial score (nSPS) is 14.2. The minimum absolute atomic E-state index is 0.457. The van der Waals surface area contributed by atoms with E-state index in [1.54, 1.807) is 13.2 Å². The highest BCUT2D eigenvalue weighted by molar-refractivity contribution is 6.29. The topological polar surface area (TPSA) is 68.8 Å². The lowest BCUT2D eigenvalue weighted by atomic mass is 10.2. The van der Waals surface area contributed by atoms with Crippen molar-refractivity contribution < 1.29 is 4.74 Å². The van der Waals surface area contributed by atoms with Crippen LogP contribution in [0.5, 0.6) is 5.88 Å². The van der Waals surface area contributed by atoms with Gasteiger partial charge in [0.25, 0.3) is 0 Å². The van der Waals surface area contributed by atoms with Crippen molar-refractivity contribution >= 4 is 28.7 Å². The molecule has 132 valence electrons. The summed E-state index contributed by atoms with van der Waals surface area (Å²) in [4.78, 5) is 9.08. The quantitative estimate of drug-likeness (QED) is 0.546. The highest BCUT2D eigenvalue weighted by Gasteiger charge is 2.28. The van der Waals surface area contributed by atoms with Gasteiger partial charge in [0, 0.05) is 17.8 Å². The fourth-order valence-corrected chi connectivity index (χ4v) is 3.41. The first-order chi connectivity index (χ1) is 12.7. The van der Waals surface area contributed by atoms with E-state index in [9.17, 15) is 0 Å². The molecule has 1 N–H and O–H groups in total. The second-order valence-electron chi connectivity index (χ2n) is 6.46. The van der Waals surface area contributed by atoms with Gasteiger partial charge in [0.2, 0.25) is 0 Å². The Morgan fingerprint density at radius 2 is 2.19 bits per heavy atom. The Bertz CT molecular complexity index is 1110. The molecular weight excluding hydrogens is 352 g/mol. The van der Waals surface area contributed by atoms with Crippen molar-refractivity contribution in [2.75, 3.05) is 12.4 Å². The molecule has 1 aliphatic rings. The van der Waals surface area contributed by atoms with Crippen LogP contribution < -0.4 is 10.1 Å². The monoisotopic (exact) mass is 368 g/mol. The summed E-state index contributed by atoms with van der Waals surface area (Å²) in [5, 5.41) is 8.32. The summed E-state index contributed by atoms with van der Waals surface area (Å²) in [6, 6.07) is 7.56. The molecule has 0 amide bonds. The van der Waals surface area contributed by atoms with Gasteiger partial charge in [-0.25, -0.2) is 9.97 Å². The number of aromatic nitrogens is 5. The van der Waals surface area contributed by atoms with Crippen molar-refractivity contribution in [2.24, 2.45) is 0 Å². The van der Waals surface area contributed by atoms with Gasteiger partial charge in [0.05, 0.1) is 25.5 Å². The molecule has 0 aromatic carbocycles. The fraction of sp³-hybridized carbons (Fsp3) is 0.278. The number of fused-ring (bicyclic) bond motifs is 2. The maximum absolute atomic E-state index is 6.23. The van der Waals surface area contributed by atoms with E-state index in [0.717, 1.165) is 28.7 Å². The fourth-order valence-electron chi connectivity index (χ4n) is 3.23. The van der Waals surface area contributed by atoms with Gasteiger partial charge in [-0.05, 0) is 30.9 Å². The third-order valence-electron chi connectivity index (χ3n) is 4.65. The Labute approximate surface area is 154 Å². The van der Waals surface area contributed by atoms with Gasteiger partial charge in [0.15, 0.2) is 11.5 Å². The lowest BCUT2D eigenvalue weighted by Gasteiger charge is -2.08. The molecule has 1 saturated carbocycles. The number of anilines is 1. The van der Waals surface area contributed by atoms with Gasteiger partial charge in [-0.3, -0.25) is 4.40 Å². The van der Waals surface area contributed by atoms with Crippen LogP contribution in [0.25, 0.3) is 11.3 Å². The standard InChI is InChI=1S/C18H17ClN6O/c1-26-17-4-2-3-15-22-12(10-24(15)17)8-20-16-7-14(19)23-18-13(11-5-6-11)9-21-25(16)18/h2-4,7,9-11,20H,5-6,8H2,1H3. The van der Waals surface area contributed by atoms with Gasteiger partial charge >= 0.3 is 0 Å². The van der Waals surface area contributed by atoms with Gasteiger partial charge in [0.1, 0.15) is 16.6 Å². The zero-order valence-electron chi connectivity index (χ0n) is 14.2. The van der Waals surface area contributed by atoms with E-state index in [4.69, 9.17) is 16.3 Å². The lowest BCUT2D eigenvalue weighted by Crippen LogP contribution is -2.06. The van der Waals surface area contributed by atoms with E-state index < -0.39 is 0 Å². The molecule has 0 atom stereocenters. The Hall–Kier alpha value is -2.80. The maximum atomic E-state index is 6.23. The van der Waals surface area contributed by atoms with Crippen LogP contribution in [-0.4, -0.2) is 31.1 Å². The SMILES string of the molecule is COc1cccc2nc(CNc3cc(Cl)nc4c(C5CC5)cnn34)cn12. The van der Waals surface area contributed by atoms with Crippen LogP contribution in [0.3, 0.4) is 0 Å². The summed E-state index contributed by atoms with van der Waals surface area (Å²) < 4.78 is 9.11. The minimum Gasteiger partial charge on any atom is -0.482 e. The van der Waals surface area contributed by atoms with Crippen LogP contribution in [0.1, 0.15) is 30.0 Å². The largest absolute Gasteiger partial charge is 0.482 e. The van der Waals surface area contributed by atoms with Crippen molar-refractivity contribution in [3.05, 3.63) is 53.1 Å². The molecule has 26 heavy (non-hydrogen) atoms. The highest BCUT2D eigenvalue weighted by atomic mass is 35.5. The molecule has 4 heterocycles. The predicted octanol–water partition coefficient (Wildman–Crippen LogP) is 3.53. The van der Waals surface area contributed by atoms with Gasteiger partial charge in [-0.15, -0.1) is 0 Å². The van der Waals surface area contributed by atoms with Crippen LogP contribution >= 0.6 is 11.6 Å². The summed E-state index contributed by atoms with van der Waals surface area (Å²) >= 11 is 6.23. The van der Waals surface area contributed by atoms with Crippen molar-refractivity contribution in [3.63, 3.8) is 0 Å². The van der Waals surface area contributed by atoms with E-state index >= 15 is 0 Å². The molecule has 0 unspecified atom stereocenters. The molecule has 1 fully saturated rings. The van der Waals surface area contributed by atoms with E-state index in [2.05, 4.69) is 20.4 Å². The predicted molar refractivity (Wildman–Crippen MR) is 99.0 cm³/mol. The smallest absolute Gasteiger partial charge is 0.198 e. The number of nitrogens with one attached hydrogen (secondary N) is 1. The third-order valence-corrected chi connectivity index (χ3v) is 4.84. The molecule has 5 rings (SSSR count). The summed E-state index contributed by atoms with van der Waals surface area (Å²) in [7, 11) is 1.65. The molecule has 7 nitrogen and oxygen atoms in total.